The van der Waals surface area contributed by atoms with Gasteiger partial charge in [-0.05, 0) is 24.6 Å². The van der Waals surface area contributed by atoms with Gasteiger partial charge in [0.05, 0.1) is 0 Å². The molecule has 3 aromatic rings. The molecule has 0 aliphatic carbocycles. The Morgan fingerprint density at radius 3 is 2.70 bits per heavy atom. The molecule has 0 aliphatic heterocycles. The van der Waals surface area contributed by atoms with Crippen LogP contribution in [0, 0.1) is 6.92 Å². The van der Waals surface area contributed by atoms with E-state index >= 15 is 0 Å². The highest BCUT2D eigenvalue weighted by atomic mass is 35.5. The number of benzene rings is 1. The number of anilines is 1. The molecule has 0 unspecified atom stereocenters. The van der Waals surface area contributed by atoms with Crippen molar-refractivity contribution >= 4 is 34.8 Å². The zero-order chi connectivity index (χ0) is 14.1. The number of nitrogens with zero attached hydrogens (tertiary/aromatic N) is 4. The van der Waals surface area contributed by atoms with Crippen molar-refractivity contribution in [2.45, 2.75) is 13.5 Å². The number of halogens is 2. The molecule has 3 rings (SSSR count). The van der Waals surface area contributed by atoms with Crippen LogP contribution in [0.1, 0.15) is 11.1 Å². The normalized spacial score (nSPS) is 10.9. The third-order valence-electron chi connectivity index (χ3n) is 2.98. The molecular weight excluding hydrogens is 297 g/mol. The van der Waals surface area contributed by atoms with Crippen LogP contribution in [0.4, 0.5) is 5.82 Å². The highest BCUT2D eigenvalue weighted by Crippen LogP contribution is 2.22. The summed E-state index contributed by atoms with van der Waals surface area (Å²) >= 11 is 12.0. The van der Waals surface area contributed by atoms with Crippen LogP contribution in [-0.4, -0.2) is 19.6 Å². The van der Waals surface area contributed by atoms with Crippen LogP contribution in [0.5, 0.6) is 0 Å². The van der Waals surface area contributed by atoms with Gasteiger partial charge >= 0.3 is 0 Å². The minimum Gasteiger partial charge on any atom is -0.366 e. The van der Waals surface area contributed by atoms with Gasteiger partial charge in [-0.3, -0.25) is 0 Å². The van der Waals surface area contributed by atoms with Crippen molar-refractivity contribution in [3.63, 3.8) is 0 Å². The molecule has 0 spiro atoms. The van der Waals surface area contributed by atoms with Gasteiger partial charge in [0.15, 0.2) is 0 Å². The zero-order valence-electron chi connectivity index (χ0n) is 10.6. The summed E-state index contributed by atoms with van der Waals surface area (Å²) < 4.78 is 1.64. The maximum absolute atomic E-state index is 6.10. The summed E-state index contributed by atoms with van der Waals surface area (Å²) in [6.45, 7) is 2.52. The van der Waals surface area contributed by atoms with Crippen molar-refractivity contribution in [2.75, 3.05) is 5.32 Å². The Balaban J connectivity index is 1.92. The van der Waals surface area contributed by atoms with E-state index in [0.717, 1.165) is 22.0 Å². The fraction of sp³-hybridized carbons (Fsp3) is 0.154. The molecule has 102 valence electrons. The van der Waals surface area contributed by atoms with Crippen LogP contribution < -0.4 is 5.32 Å². The van der Waals surface area contributed by atoms with Gasteiger partial charge in [-0.25, -0.2) is 0 Å². The van der Waals surface area contributed by atoms with Crippen LogP contribution in [0.3, 0.4) is 0 Å². The fourth-order valence-corrected chi connectivity index (χ4v) is 2.18. The van der Waals surface area contributed by atoms with Crippen molar-refractivity contribution in [3.05, 3.63) is 51.9 Å². The minimum absolute atomic E-state index is 0.420. The molecule has 0 saturated heterocycles. The van der Waals surface area contributed by atoms with Gasteiger partial charge in [0.2, 0.25) is 0 Å². The van der Waals surface area contributed by atoms with Crippen LogP contribution in [0.15, 0.2) is 30.6 Å². The SMILES string of the molecule is Cc1c(Cl)nc2ncnn2c1NCc1ccc(Cl)cc1. The van der Waals surface area contributed by atoms with Gasteiger partial charge < -0.3 is 5.32 Å². The Kier molecular flexibility index (Phi) is 3.46. The maximum Gasteiger partial charge on any atom is 0.255 e. The molecule has 1 aromatic carbocycles. The summed E-state index contributed by atoms with van der Waals surface area (Å²) in [4.78, 5) is 8.21. The Morgan fingerprint density at radius 1 is 1.20 bits per heavy atom. The Labute approximate surface area is 125 Å². The number of hydrogen-bond donors (Lipinski definition) is 1. The Hall–Kier alpha value is -1.85. The second-order valence-corrected chi connectivity index (χ2v) is 5.12. The van der Waals surface area contributed by atoms with Crippen molar-refractivity contribution in [1.29, 1.82) is 0 Å². The molecule has 0 bridgehead atoms. The quantitative estimate of drug-likeness (QED) is 0.754. The standard InChI is InChI=1S/C13H11Cl2N5/c1-8-11(15)19-13-17-7-18-20(13)12(8)16-6-9-2-4-10(14)5-3-9/h2-5,7,16H,6H2,1H3. The first-order valence-electron chi connectivity index (χ1n) is 5.99. The van der Waals surface area contributed by atoms with Crippen LogP contribution >= 0.6 is 23.2 Å². The van der Waals surface area contributed by atoms with E-state index in [1.54, 1.807) is 4.52 Å². The highest BCUT2D eigenvalue weighted by Gasteiger charge is 2.11. The molecule has 20 heavy (non-hydrogen) atoms. The van der Waals surface area contributed by atoms with Crippen LogP contribution in [0.25, 0.3) is 5.78 Å². The summed E-state index contributed by atoms with van der Waals surface area (Å²) in [7, 11) is 0. The van der Waals surface area contributed by atoms with Crippen molar-refractivity contribution < 1.29 is 0 Å². The average molecular weight is 308 g/mol. The number of aromatic nitrogens is 4. The summed E-state index contributed by atoms with van der Waals surface area (Å²) in [6.07, 6.45) is 1.45. The smallest absolute Gasteiger partial charge is 0.255 e. The lowest BCUT2D eigenvalue weighted by Crippen LogP contribution is -2.08. The molecule has 2 aromatic heterocycles. The van der Waals surface area contributed by atoms with E-state index in [9.17, 15) is 0 Å². The van der Waals surface area contributed by atoms with E-state index in [1.165, 1.54) is 6.33 Å². The number of nitrogens with one attached hydrogen (secondary N) is 1. The number of hydrogen-bond acceptors (Lipinski definition) is 4. The molecule has 7 heteroatoms. The van der Waals surface area contributed by atoms with E-state index in [0.29, 0.717) is 17.5 Å². The molecule has 0 radical (unpaired) electrons. The molecule has 1 N–H and O–H groups in total. The lowest BCUT2D eigenvalue weighted by Gasteiger charge is -2.11. The largest absolute Gasteiger partial charge is 0.366 e. The molecule has 0 fully saturated rings. The van der Waals surface area contributed by atoms with E-state index < -0.39 is 0 Å². The van der Waals surface area contributed by atoms with E-state index in [1.807, 2.05) is 31.2 Å². The third-order valence-corrected chi connectivity index (χ3v) is 3.60. The molecule has 2 heterocycles. The van der Waals surface area contributed by atoms with Gasteiger partial charge in [0, 0.05) is 17.1 Å². The minimum atomic E-state index is 0.420. The van der Waals surface area contributed by atoms with Crippen molar-refractivity contribution in [1.82, 2.24) is 19.6 Å². The van der Waals surface area contributed by atoms with Gasteiger partial charge in [-0.2, -0.15) is 19.6 Å². The molecule has 0 aliphatic rings. The van der Waals surface area contributed by atoms with Gasteiger partial charge in [0.1, 0.15) is 17.3 Å². The molecule has 0 saturated carbocycles. The van der Waals surface area contributed by atoms with E-state index in [2.05, 4.69) is 20.4 Å². The maximum atomic E-state index is 6.10. The van der Waals surface area contributed by atoms with E-state index in [4.69, 9.17) is 23.2 Å². The van der Waals surface area contributed by atoms with Crippen LogP contribution in [0.2, 0.25) is 10.2 Å². The third kappa shape index (κ3) is 2.42. The second kappa shape index (κ2) is 5.26. The molecular formula is C13H11Cl2N5. The van der Waals surface area contributed by atoms with Gasteiger partial charge in [-0.15, -0.1) is 0 Å². The highest BCUT2D eigenvalue weighted by molar-refractivity contribution is 6.30. The monoisotopic (exact) mass is 307 g/mol. The molecule has 5 nitrogen and oxygen atoms in total. The first kappa shape index (κ1) is 13.1. The second-order valence-electron chi connectivity index (χ2n) is 4.33. The van der Waals surface area contributed by atoms with Gasteiger partial charge in [-0.1, -0.05) is 35.3 Å². The first-order valence-corrected chi connectivity index (χ1v) is 6.75. The Bertz CT molecular complexity index is 751. The topological polar surface area (TPSA) is 55.1 Å². The molecule has 0 amide bonds. The fourth-order valence-electron chi connectivity index (χ4n) is 1.89. The molecule has 0 atom stereocenters. The zero-order valence-corrected chi connectivity index (χ0v) is 12.2. The number of rotatable bonds is 3. The van der Waals surface area contributed by atoms with Crippen molar-refractivity contribution in [3.8, 4) is 0 Å². The summed E-state index contributed by atoms with van der Waals surface area (Å²) in [5.41, 5.74) is 1.94. The predicted molar refractivity (Wildman–Crippen MR) is 79.3 cm³/mol. The predicted octanol–water partition coefficient (Wildman–Crippen LogP) is 3.35. The van der Waals surface area contributed by atoms with Gasteiger partial charge in [0.25, 0.3) is 5.78 Å². The average Bonchev–Trinajstić information content (AvgIpc) is 2.89. The van der Waals surface area contributed by atoms with E-state index in [-0.39, 0.29) is 0 Å². The summed E-state index contributed by atoms with van der Waals surface area (Å²) in [5, 5.41) is 8.60. The first-order chi connectivity index (χ1) is 9.65. The summed E-state index contributed by atoms with van der Waals surface area (Å²) in [6, 6.07) is 7.64. The van der Waals surface area contributed by atoms with Crippen molar-refractivity contribution in [2.24, 2.45) is 0 Å². The Morgan fingerprint density at radius 2 is 1.95 bits per heavy atom. The lowest BCUT2D eigenvalue weighted by molar-refractivity contribution is 0.914. The van der Waals surface area contributed by atoms with Crippen LogP contribution in [-0.2, 0) is 6.54 Å². The lowest BCUT2D eigenvalue weighted by atomic mass is 10.2. The number of fused-ring (bicyclic) bond motifs is 1. The summed E-state index contributed by atoms with van der Waals surface area (Å²) in [5.74, 6) is 1.26.